The molecule has 1 aliphatic rings. The standard InChI is InChI=1S/C15H18N2OS/c1-11-13(12-5-3-2-4-6-12)17-14(19-11)15(16)7-9-18-10-8-15/h2-6H,7-10,16H2,1H3. The first-order valence-corrected chi connectivity index (χ1v) is 7.41. The molecule has 0 unspecified atom stereocenters. The van der Waals surface area contributed by atoms with Gasteiger partial charge in [-0.3, -0.25) is 0 Å². The average molecular weight is 274 g/mol. The summed E-state index contributed by atoms with van der Waals surface area (Å²) in [6.07, 6.45) is 1.71. The molecule has 0 radical (unpaired) electrons. The molecule has 0 saturated carbocycles. The number of nitrogens with two attached hydrogens (primary N) is 1. The Kier molecular flexibility index (Phi) is 3.39. The highest BCUT2D eigenvalue weighted by molar-refractivity contribution is 7.12. The SMILES string of the molecule is Cc1sc(C2(N)CCOCC2)nc1-c1ccccc1. The van der Waals surface area contributed by atoms with Gasteiger partial charge in [-0.15, -0.1) is 11.3 Å². The maximum atomic E-state index is 6.51. The molecule has 0 aliphatic carbocycles. The van der Waals surface area contributed by atoms with Crippen molar-refractivity contribution in [1.29, 1.82) is 0 Å². The van der Waals surface area contributed by atoms with Crippen LogP contribution in [-0.2, 0) is 10.3 Å². The molecule has 2 aromatic rings. The molecule has 0 amide bonds. The minimum Gasteiger partial charge on any atom is -0.381 e. The van der Waals surface area contributed by atoms with E-state index in [4.69, 9.17) is 15.5 Å². The summed E-state index contributed by atoms with van der Waals surface area (Å²) in [4.78, 5) is 6.05. The third-order valence-corrected chi connectivity index (χ3v) is 4.85. The fourth-order valence-electron chi connectivity index (χ4n) is 2.42. The maximum Gasteiger partial charge on any atom is 0.114 e. The molecule has 3 rings (SSSR count). The molecule has 100 valence electrons. The molecule has 4 heteroatoms. The first kappa shape index (κ1) is 12.8. The Bertz CT molecular complexity index is 559. The zero-order valence-corrected chi connectivity index (χ0v) is 11.9. The van der Waals surface area contributed by atoms with Crippen molar-refractivity contribution in [2.24, 2.45) is 5.73 Å². The predicted octanol–water partition coefficient (Wildman–Crippen LogP) is 3.08. The molecule has 1 saturated heterocycles. The molecule has 0 bridgehead atoms. The fourth-order valence-corrected chi connectivity index (χ4v) is 3.52. The monoisotopic (exact) mass is 274 g/mol. The average Bonchev–Trinajstić information content (AvgIpc) is 2.84. The summed E-state index contributed by atoms with van der Waals surface area (Å²) in [7, 11) is 0. The van der Waals surface area contributed by atoms with E-state index in [0.717, 1.165) is 42.3 Å². The second kappa shape index (κ2) is 5.04. The van der Waals surface area contributed by atoms with E-state index in [-0.39, 0.29) is 5.54 Å². The van der Waals surface area contributed by atoms with Crippen LogP contribution in [0.15, 0.2) is 30.3 Å². The maximum absolute atomic E-state index is 6.51. The Morgan fingerprint density at radius 2 is 1.89 bits per heavy atom. The van der Waals surface area contributed by atoms with Gasteiger partial charge in [-0.1, -0.05) is 30.3 Å². The first-order valence-electron chi connectivity index (χ1n) is 6.59. The minimum absolute atomic E-state index is 0.305. The van der Waals surface area contributed by atoms with Gasteiger partial charge in [-0.2, -0.15) is 0 Å². The number of hydrogen-bond acceptors (Lipinski definition) is 4. The van der Waals surface area contributed by atoms with E-state index in [1.165, 1.54) is 4.88 Å². The van der Waals surface area contributed by atoms with Gasteiger partial charge >= 0.3 is 0 Å². The van der Waals surface area contributed by atoms with E-state index >= 15 is 0 Å². The normalized spacial score (nSPS) is 18.4. The van der Waals surface area contributed by atoms with Gasteiger partial charge in [-0.25, -0.2) is 4.98 Å². The minimum atomic E-state index is -0.305. The van der Waals surface area contributed by atoms with Gasteiger partial charge < -0.3 is 10.5 Å². The third-order valence-electron chi connectivity index (χ3n) is 3.65. The summed E-state index contributed by atoms with van der Waals surface area (Å²) >= 11 is 1.72. The van der Waals surface area contributed by atoms with Crippen LogP contribution in [0.1, 0.15) is 22.7 Å². The van der Waals surface area contributed by atoms with Gasteiger partial charge in [0.05, 0.1) is 11.2 Å². The van der Waals surface area contributed by atoms with Crippen molar-refractivity contribution >= 4 is 11.3 Å². The highest BCUT2D eigenvalue weighted by Crippen LogP contribution is 2.36. The lowest BCUT2D eigenvalue weighted by atomic mass is 9.92. The Hall–Kier alpha value is -1.23. The van der Waals surface area contributed by atoms with Crippen molar-refractivity contribution < 1.29 is 4.74 Å². The van der Waals surface area contributed by atoms with Crippen LogP contribution in [0.25, 0.3) is 11.3 Å². The van der Waals surface area contributed by atoms with Crippen molar-refractivity contribution in [3.63, 3.8) is 0 Å². The molecule has 1 aromatic carbocycles. The van der Waals surface area contributed by atoms with Gasteiger partial charge in [0.1, 0.15) is 5.01 Å². The van der Waals surface area contributed by atoms with E-state index in [1.54, 1.807) is 11.3 Å². The highest BCUT2D eigenvalue weighted by atomic mass is 32.1. The van der Waals surface area contributed by atoms with Crippen LogP contribution >= 0.6 is 11.3 Å². The number of aromatic nitrogens is 1. The number of thiazole rings is 1. The lowest BCUT2D eigenvalue weighted by Gasteiger charge is -2.31. The molecular weight excluding hydrogens is 256 g/mol. The Morgan fingerprint density at radius 1 is 1.21 bits per heavy atom. The largest absolute Gasteiger partial charge is 0.381 e. The zero-order valence-electron chi connectivity index (χ0n) is 11.1. The fraction of sp³-hybridized carbons (Fsp3) is 0.400. The second-order valence-electron chi connectivity index (χ2n) is 5.06. The predicted molar refractivity (Wildman–Crippen MR) is 78.2 cm³/mol. The summed E-state index contributed by atoms with van der Waals surface area (Å²) in [6, 6.07) is 10.3. The summed E-state index contributed by atoms with van der Waals surface area (Å²) < 4.78 is 5.40. The van der Waals surface area contributed by atoms with Crippen LogP contribution in [0.3, 0.4) is 0 Å². The van der Waals surface area contributed by atoms with Gasteiger partial charge in [0.25, 0.3) is 0 Å². The van der Waals surface area contributed by atoms with E-state index in [1.807, 2.05) is 18.2 Å². The molecule has 2 heterocycles. The van der Waals surface area contributed by atoms with Crippen LogP contribution in [0.4, 0.5) is 0 Å². The van der Waals surface area contributed by atoms with Crippen molar-refractivity contribution in [2.45, 2.75) is 25.3 Å². The number of ether oxygens (including phenoxy) is 1. The van der Waals surface area contributed by atoms with Crippen LogP contribution < -0.4 is 5.73 Å². The number of rotatable bonds is 2. The smallest absolute Gasteiger partial charge is 0.114 e. The Balaban J connectivity index is 1.97. The number of benzene rings is 1. The second-order valence-corrected chi connectivity index (χ2v) is 6.26. The Labute approximate surface area is 117 Å². The third kappa shape index (κ3) is 2.43. The van der Waals surface area contributed by atoms with E-state index in [0.29, 0.717) is 0 Å². The van der Waals surface area contributed by atoms with E-state index < -0.39 is 0 Å². The molecular formula is C15H18N2OS. The molecule has 0 atom stereocenters. The van der Waals surface area contributed by atoms with Crippen LogP contribution in [0.5, 0.6) is 0 Å². The van der Waals surface area contributed by atoms with Crippen LogP contribution in [-0.4, -0.2) is 18.2 Å². The van der Waals surface area contributed by atoms with E-state index in [9.17, 15) is 0 Å². The summed E-state index contributed by atoms with van der Waals surface area (Å²) in [5.74, 6) is 0. The van der Waals surface area contributed by atoms with Gasteiger partial charge in [0.2, 0.25) is 0 Å². The summed E-state index contributed by atoms with van der Waals surface area (Å²) in [6.45, 7) is 3.58. The zero-order chi connectivity index (χ0) is 13.3. The molecule has 1 fully saturated rings. The van der Waals surface area contributed by atoms with Gasteiger partial charge in [0, 0.05) is 23.7 Å². The molecule has 2 N–H and O–H groups in total. The molecule has 0 spiro atoms. The molecule has 1 aromatic heterocycles. The van der Waals surface area contributed by atoms with E-state index in [2.05, 4.69) is 19.1 Å². The molecule has 1 aliphatic heterocycles. The van der Waals surface area contributed by atoms with Crippen LogP contribution in [0.2, 0.25) is 0 Å². The molecule has 19 heavy (non-hydrogen) atoms. The van der Waals surface area contributed by atoms with Crippen LogP contribution in [0, 0.1) is 6.92 Å². The number of hydrogen-bond donors (Lipinski definition) is 1. The number of nitrogens with zero attached hydrogens (tertiary/aromatic N) is 1. The van der Waals surface area contributed by atoms with Crippen molar-refractivity contribution in [1.82, 2.24) is 4.98 Å². The number of aryl methyl sites for hydroxylation is 1. The van der Waals surface area contributed by atoms with Crippen molar-refractivity contribution in [3.8, 4) is 11.3 Å². The highest BCUT2D eigenvalue weighted by Gasteiger charge is 2.33. The first-order chi connectivity index (χ1) is 9.19. The lowest BCUT2D eigenvalue weighted by molar-refractivity contribution is 0.0522. The molecule has 3 nitrogen and oxygen atoms in total. The summed E-state index contributed by atoms with van der Waals surface area (Å²) in [5, 5.41) is 1.05. The Morgan fingerprint density at radius 3 is 2.58 bits per heavy atom. The van der Waals surface area contributed by atoms with Gasteiger partial charge in [0.15, 0.2) is 0 Å². The summed E-state index contributed by atoms with van der Waals surface area (Å²) in [5.41, 5.74) is 8.44. The van der Waals surface area contributed by atoms with Crippen molar-refractivity contribution in [2.75, 3.05) is 13.2 Å². The lowest BCUT2D eigenvalue weighted by Crippen LogP contribution is -2.42. The van der Waals surface area contributed by atoms with Gasteiger partial charge in [-0.05, 0) is 19.8 Å². The van der Waals surface area contributed by atoms with Crippen molar-refractivity contribution in [3.05, 3.63) is 40.2 Å². The topological polar surface area (TPSA) is 48.1 Å². The quantitative estimate of drug-likeness (QED) is 0.915.